The van der Waals surface area contributed by atoms with Gasteiger partial charge in [0.05, 0.1) is 31.0 Å². The number of hydrogen-bond acceptors (Lipinski definition) is 6. The second-order valence-corrected chi connectivity index (χ2v) is 6.01. The molecule has 2 heterocycles. The lowest BCUT2D eigenvalue weighted by Gasteiger charge is -2.15. The topological polar surface area (TPSA) is 82.3 Å². The van der Waals surface area contributed by atoms with Crippen LogP contribution in [0.2, 0.25) is 0 Å². The normalized spacial score (nSPS) is 11.9. The van der Waals surface area contributed by atoms with Crippen molar-refractivity contribution in [3.8, 4) is 28.8 Å². The van der Waals surface area contributed by atoms with Gasteiger partial charge in [-0.3, -0.25) is 4.57 Å². The minimum absolute atomic E-state index is 0.132. The van der Waals surface area contributed by atoms with E-state index >= 15 is 0 Å². The van der Waals surface area contributed by atoms with Gasteiger partial charge < -0.3 is 14.6 Å². The maximum Gasteiger partial charge on any atom is 0.199 e. The van der Waals surface area contributed by atoms with Crippen LogP contribution < -0.4 is 9.47 Å². The van der Waals surface area contributed by atoms with Gasteiger partial charge in [-0.1, -0.05) is 0 Å². The van der Waals surface area contributed by atoms with Crippen molar-refractivity contribution >= 4 is 17.1 Å². The van der Waals surface area contributed by atoms with Crippen LogP contribution in [-0.2, 0) is 0 Å². The van der Waals surface area contributed by atoms with Gasteiger partial charge in [0.2, 0.25) is 0 Å². The Hall–Kier alpha value is -3.61. The Kier molecular flexibility index (Phi) is 4.12. The van der Waals surface area contributed by atoms with E-state index in [4.69, 9.17) is 9.47 Å². The first kappa shape index (κ1) is 16.8. The van der Waals surface area contributed by atoms with Crippen LogP contribution in [0.25, 0.3) is 34.4 Å². The molecular weight excluding hydrogens is 344 g/mol. The highest BCUT2D eigenvalue weighted by atomic mass is 16.5. The third kappa shape index (κ3) is 3.03. The van der Waals surface area contributed by atoms with E-state index in [0.29, 0.717) is 17.5 Å². The number of methoxy groups -OCH3 is 2. The van der Waals surface area contributed by atoms with Crippen LogP contribution >= 0.6 is 0 Å². The summed E-state index contributed by atoms with van der Waals surface area (Å²) in [5.41, 5.74) is 2.48. The molecule has 0 saturated carbocycles. The Morgan fingerprint density at radius 2 is 1.67 bits per heavy atom. The summed E-state index contributed by atoms with van der Waals surface area (Å²) >= 11 is 0. The molecule has 0 aliphatic carbocycles. The Morgan fingerprint density at radius 1 is 0.963 bits per heavy atom. The Morgan fingerprint density at radius 3 is 2.33 bits per heavy atom. The van der Waals surface area contributed by atoms with Crippen LogP contribution in [0.3, 0.4) is 0 Å². The molecule has 7 heteroatoms. The fraction of sp³-hybridized carbons (Fsp3) is 0.150. The molecule has 2 aromatic carbocycles. The summed E-state index contributed by atoms with van der Waals surface area (Å²) in [7, 11) is 3.26. The number of ether oxygens (including phenoxy) is 2. The van der Waals surface area contributed by atoms with Crippen molar-refractivity contribution in [1.82, 2.24) is 19.5 Å². The van der Waals surface area contributed by atoms with Crippen molar-refractivity contribution in [1.29, 1.82) is 0 Å². The maximum absolute atomic E-state index is 9.56. The standard InChI is InChI=1S/C20H18N4O3/c1-12(25)10-18-22-19-20(23-18)24(13-4-6-14(26-2)7-5-13)17-11-15(27-3)8-9-16(17)21-19/h4-11,25H,1-3H3/b12-10+. The van der Waals surface area contributed by atoms with E-state index in [1.165, 1.54) is 6.08 Å². The summed E-state index contributed by atoms with van der Waals surface area (Å²) in [6, 6.07) is 13.3. The first-order chi connectivity index (χ1) is 13.1. The van der Waals surface area contributed by atoms with Crippen LogP contribution in [-0.4, -0.2) is 38.8 Å². The average Bonchev–Trinajstić information content (AvgIpc) is 3.06. The van der Waals surface area contributed by atoms with Crippen molar-refractivity contribution in [2.75, 3.05) is 14.2 Å². The molecular formula is C20H18N4O3. The smallest absolute Gasteiger partial charge is 0.199 e. The molecule has 0 amide bonds. The van der Waals surface area contributed by atoms with Gasteiger partial charge in [-0.25, -0.2) is 15.0 Å². The zero-order valence-corrected chi connectivity index (χ0v) is 15.2. The minimum atomic E-state index is 0.132. The third-order valence-electron chi connectivity index (χ3n) is 4.17. The quantitative estimate of drug-likeness (QED) is 0.555. The van der Waals surface area contributed by atoms with Gasteiger partial charge in [0.25, 0.3) is 0 Å². The van der Waals surface area contributed by atoms with E-state index in [0.717, 1.165) is 28.2 Å². The lowest BCUT2D eigenvalue weighted by atomic mass is 10.2. The second-order valence-electron chi connectivity index (χ2n) is 6.01. The number of allylic oxidation sites excluding steroid dienone is 1. The van der Waals surface area contributed by atoms with E-state index in [-0.39, 0.29) is 5.76 Å². The monoisotopic (exact) mass is 362 g/mol. The zero-order valence-electron chi connectivity index (χ0n) is 15.2. The van der Waals surface area contributed by atoms with E-state index in [1.54, 1.807) is 21.1 Å². The number of fused-ring (bicyclic) bond motifs is 2. The Bertz CT molecular complexity index is 1110. The summed E-state index contributed by atoms with van der Waals surface area (Å²) in [6.07, 6.45) is 1.51. The molecule has 2 aliphatic heterocycles. The number of imidazole rings is 1. The molecule has 136 valence electrons. The first-order valence-electron chi connectivity index (χ1n) is 8.35. The first-order valence-corrected chi connectivity index (χ1v) is 8.35. The van der Waals surface area contributed by atoms with Gasteiger partial charge in [-0.05, 0) is 43.3 Å². The van der Waals surface area contributed by atoms with Crippen LogP contribution in [0.1, 0.15) is 12.7 Å². The average molecular weight is 362 g/mol. The molecule has 0 aromatic heterocycles. The minimum Gasteiger partial charge on any atom is -0.512 e. The van der Waals surface area contributed by atoms with Gasteiger partial charge in [0.15, 0.2) is 17.5 Å². The zero-order chi connectivity index (χ0) is 19.0. The lowest BCUT2D eigenvalue weighted by Crippen LogP contribution is -2.06. The van der Waals surface area contributed by atoms with Gasteiger partial charge in [0.1, 0.15) is 11.5 Å². The summed E-state index contributed by atoms with van der Waals surface area (Å²) in [4.78, 5) is 13.6. The van der Waals surface area contributed by atoms with E-state index in [1.807, 2.05) is 47.0 Å². The molecule has 0 spiro atoms. The van der Waals surface area contributed by atoms with Crippen LogP contribution in [0.15, 0.2) is 48.2 Å². The molecule has 0 bridgehead atoms. The molecule has 0 radical (unpaired) electrons. The number of benzene rings is 2. The van der Waals surface area contributed by atoms with E-state index in [2.05, 4.69) is 15.0 Å². The van der Waals surface area contributed by atoms with Crippen molar-refractivity contribution < 1.29 is 14.6 Å². The molecule has 0 atom stereocenters. The Labute approximate surface area is 155 Å². The molecule has 0 fully saturated rings. The third-order valence-corrected chi connectivity index (χ3v) is 4.17. The van der Waals surface area contributed by atoms with E-state index < -0.39 is 0 Å². The van der Waals surface area contributed by atoms with Crippen molar-refractivity contribution in [3.05, 3.63) is 54.0 Å². The van der Waals surface area contributed by atoms with E-state index in [9.17, 15) is 5.11 Å². The number of nitrogens with zero attached hydrogens (tertiary/aromatic N) is 4. The largest absolute Gasteiger partial charge is 0.512 e. The Balaban J connectivity index is 2.05. The SMILES string of the molecule is COc1ccc(-n2c3nc(/C=C(\C)O)nc-3nc3ccc(OC)cc32)cc1. The number of aromatic nitrogens is 4. The summed E-state index contributed by atoms with van der Waals surface area (Å²) in [6.45, 7) is 1.58. The maximum atomic E-state index is 9.56. The van der Waals surface area contributed by atoms with Gasteiger partial charge >= 0.3 is 0 Å². The summed E-state index contributed by atoms with van der Waals surface area (Å²) in [5, 5.41) is 9.56. The van der Waals surface area contributed by atoms with Crippen LogP contribution in [0.4, 0.5) is 0 Å². The van der Waals surface area contributed by atoms with Crippen LogP contribution in [0.5, 0.6) is 11.5 Å². The molecule has 2 aliphatic rings. The molecule has 0 saturated heterocycles. The summed E-state index contributed by atoms with van der Waals surface area (Å²) in [5.74, 6) is 3.11. The van der Waals surface area contributed by atoms with Gasteiger partial charge in [0, 0.05) is 17.8 Å². The fourth-order valence-electron chi connectivity index (χ4n) is 2.94. The number of rotatable bonds is 4. The predicted octanol–water partition coefficient (Wildman–Crippen LogP) is 3.86. The number of aliphatic hydroxyl groups excluding tert-OH is 1. The molecule has 1 N–H and O–H groups in total. The highest BCUT2D eigenvalue weighted by Gasteiger charge is 2.20. The highest BCUT2D eigenvalue weighted by molar-refractivity contribution is 5.83. The van der Waals surface area contributed by atoms with Crippen molar-refractivity contribution in [3.63, 3.8) is 0 Å². The molecule has 27 heavy (non-hydrogen) atoms. The van der Waals surface area contributed by atoms with Gasteiger partial charge in [-0.15, -0.1) is 0 Å². The second kappa shape index (κ2) is 6.60. The van der Waals surface area contributed by atoms with Gasteiger partial charge in [-0.2, -0.15) is 0 Å². The summed E-state index contributed by atoms with van der Waals surface area (Å²) < 4.78 is 12.6. The van der Waals surface area contributed by atoms with Crippen LogP contribution in [0, 0.1) is 0 Å². The molecule has 2 aromatic rings. The molecule has 4 rings (SSSR count). The number of hydrogen-bond donors (Lipinski definition) is 1. The fourth-order valence-corrected chi connectivity index (χ4v) is 2.94. The lowest BCUT2D eigenvalue weighted by molar-refractivity contribution is 0.414. The molecule has 0 unspecified atom stereocenters. The number of aliphatic hydroxyl groups is 1. The molecule has 7 nitrogen and oxygen atoms in total. The highest BCUT2D eigenvalue weighted by Crippen LogP contribution is 2.30. The van der Waals surface area contributed by atoms with Crippen molar-refractivity contribution in [2.24, 2.45) is 0 Å². The predicted molar refractivity (Wildman–Crippen MR) is 103 cm³/mol. The van der Waals surface area contributed by atoms with Crippen molar-refractivity contribution in [2.45, 2.75) is 6.92 Å².